The van der Waals surface area contributed by atoms with Gasteiger partial charge in [0.2, 0.25) is 5.75 Å². The van der Waals surface area contributed by atoms with E-state index in [1.807, 2.05) is 0 Å². The van der Waals surface area contributed by atoms with Crippen LogP contribution in [0.4, 0.5) is 0 Å². The van der Waals surface area contributed by atoms with Crippen LogP contribution in [0.5, 0.6) is 17.2 Å². The summed E-state index contributed by atoms with van der Waals surface area (Å²) in [5, 5.41) is 11.0. The first-order valence-electron chi connectivity index (χ1n) is 7.38. The molecule has 0 spiro atoms. The van der Waals surface area contributed by atoms with Crippen LogP contribution in [-0.4, -0.2) is 32.2 Å². The molecule has 0 aliphatic rings. The molecule has 0 fully saturated rings. The SMILES string of the molecule is COc1ccc(C(=O)CC(O)c2ccc(Cl)c(Cl)c2)c(OC)c1OC. The zero-order valence-corrected chi connectivity index (χ0v) is 15.5. The number of ketones is 1. The first kappa shape index (κ1) is 19.4. The summed E-state index contributed by atoms with van der Waals surface area (Å²) in [5.41, 5.74) is 0.793. The lowest BCUT2D eigenvalue weighted by atomic mass is 9.99. The van der Waals surface area contributed by atoms with Gasteiger partial charge in [0.05, 0.1) is 43.0 Å². The highest BCUT2D eigenvalue weighted by atomic mass is 35.5. The molecule has 2 rings (SSSR count). The van der Waals surface area contributed by atoms with Gasteiger partial charge in [-0.15, -0.1) is 0 Å². The van der Waals surface area contributed by atoms with Gasteiger partial charge in [0.25, 0.3) is 0 Å². The van der Waals surface area contributed by atoms with Crippen LogP contribution < -0.4 is 14.2 Å². The van der Waals surface area contributed by atoms with Crippen molar-refractivity contribution in [2.24, 2.45) is 0 Å². The number of benzene rings is 2. The van der Waals surface area contributed by atoms with Crippen LogP contribution in [0.15, 0.2) is 30.3 Å². The zero-order valence-electron chi connectivity index (χ0n) is 14.0. The Bertz CT molecular complexity index is 776. The Morgan fingerprint density at radius 1 is 1.00 bits per heavy atom. The lowest BCUT2D eigenvalue weighted by molar-refractivity contribution is 0.0876. The summed E-state index contributed by atoms with van der Waals surface area (Å²) in [6.45, 7) is 0. The number of aliphatic hydroxyl groups excluding tert-OH is 1. The number of Topliss-reactive ketones (excluding diaryl/α,β-unsaturated/α-hetero) is 1. The lowest BCUT2D eigenvalue weighted by Crippen LogP contribution is -2.09. The minimum Gasteiger partial charge on any atom is -0.493 e. The quantitative estimate of drug-likeness (QED) is 0.719. The normalized spacial score (nSPS) is 11.8. The Balaban J connectivity index is 2.29. The van der Waals surface area contributed by atoms with E-state index in [-0.39, 0.29) is 18.0 Å². The molecule has 0 saturated heterocycles. The number of carbonyl (C=O) groups is 1. The van der Waals surface area contributed by atoms with Crippen molar-refractivity contribution in [2.45, 2.75) is 12.5 Å². The van der Waals surface area contributed by atoms with Crippen molar-refractivity contribution >= 4 is 29.0 Å². The number of ether oxygens (including phenoxy) is 3. The van der Waals surface area contributed by atoms with Gasteiger partial charge in [-0.1, -0.05) is 29.3 Å². The predicted molar refractivity (Wildman–Crippen MR) is 96.5 cm³/mol. The van der Waals surface area contributed by atoms with E-state index in [1.54, 1.807) is 24.3 Å². The minimum absolute atomic E-state index is 0.149. The maximum atomic E-state index is 12.6. The molecule has 0 heterocycles. The van der Waals surface area contributed by atoms with Crippen LogP contribution in [0.3, 0.4) is 0 Å². The Hall–Kier alpha value is -1.95. The third-order valence-corrected chi connectivity index (χ3v) is 4.45. The van der Waals surface area contributed by atoms with Crippen LogP contribution in [0.25, 0.3) is 0 Å². The van der Waals surface area contributed by atoms with Gasteiger partial charge in [-0.05, 0) is 29.8 Å². The van der Waals surface area contributed by atoms with Crippen LogP contribution in [0, 0.1) is 0 Å². The van der Waals surface area contributed by atoms with Gasteiger partial charge in [-0.3, -0.25) is 4.79 Å². The number of rotatable bonds is 7. The van der Waals surface area contributed by atoms with Crippen molar-refractivity contribution in [3.05, 3.63) is 51.5 Å². The molecule has 0 aromatic heterocycles. The maximum absolute atomic E-state index is 12.6. The van der Waals surface area contributed by atoms with E-state index in [2.05, 4.69) is 0 Å². The Kier molecular flexibility index (Phi) is 6.53. The molecule has 0 bridgehead atoms. The smallest absolute Gasteiger partial charge is 0.204 e. The highest BCUT2D eigenvalue weighted by molar-refractivity contribution is 6.42. The number of methoxy groups -OCH3 is 3. The fourth-order valence-electron chi connectivity index (χ4n) is 2.44. The number of hydrogen-bond donors (Lipinski definition) is 1. The first-order chi connectivity index (χ1) is 11.9. The van der Waals surface area contributed by atoms with E-state index in [0.29, 0.717) is 32.7 Å². The van der Waals surface area contributed by atoms with E-state index in [0.717, 1.165) is 0 Å². The first-order valence-corrected chi connectivity index (χ1v) is 8.13. The summed E-state index contributed by atoms with van der Waals surface area (Å²) in [5.74, 6) is 0.713. The Labute approximate surface area is 156 Å². The fraction of sp³-hybridized carbons (Fsp3) is 0.278. The Morgan fingerprint density at radius 2 is 1.68 bits per heavy atom. The van der Waals surface area contributed by atoms with Crippen molar-refractivity contribution in [3.8, 4) is 17.2 Å². The number of aliphatic hydroxyl groups is 1. The summed E-state index contributed by atoms with van der Waals surface area (Å²) < 4.78 is 15.8. The van der Waals surface area contributed by atoms with E-state index in [1.165, 1.54) is 27.4 Å². The third kappa shape index (κ3) is 4.18. The lowest BCUT2D eigenvalue weighted by Gasteiger charge is -2.16. The molecule has 0 aliphatic heterocycles. The molecular formula is C18H18Cl2O5. The molecular weight excluding hydrogens is 367 g/mol. The van der Waals surface area contributed by atoms with Crippen LogP contribution in [-0.2, 0) is 0 Å². The molecule has 1 atom stereocenters. The molecule has 5 nitrogen and oxygen atoms in total. The van der Waals surface area contributed by atoms with Gasteiger partial charge in [0.1, 0.15) is 0 Å². The van der Waals surface area contributed by atoms with Gasteiger partial charge in [0.15, 0.2) is 17.3 Å². The van der Waals surface area contributed by atoms with E-state index >= 15 is 0 Å². The molecule has 1 unspecified atom stereocenters. The molecule has 1 N–H and O–H groups in total. The minimum atomic E-state index is -1.03. The predicted octanol–water partition coefficient (Wildman–Crippen LogP) is 4.33. The molecule has 0 saturated carbocycles. The van der Waals surface area contributed by atoms with Gasteiger partial charge in [0, 0.05) is 6.42 Å². The summed E-state index contributed by atoms with van der Waals surface area (Å²) in [7, 11) is 4.38. The standard InChI is InChI=1S/C18H18Cl2O5/c1-23-16-7-5-11(17(24-2)18(16)25-3)15(22)9-14(21)10-4-6-12(19)13(20)8-10/h4-8,14,21H,9H2,1-3H3. The average molecular weight is 385 g/mol. The van der Waals surface area contributed by atoms with Gasteiger partial charge in [-0.2, -0.15) is 0 Å². The van der Waals surface area contributed by atoms with Gasteiger partial charge >= 0.3 is 0 Å². The molecule has 0 radical (unpaired) electrons. The van der Waals surface area contributed by atoms with Crippen LogP contribution >= 0.6 is 23.2 Å². The van der Waals surface area contributed by atoms with Crippen LogP contribution in [0.2, 0.25) is 10.0 Å². The molecule has 2 aromatic carbocycles. The van der Waals surface area contributed by atoms with Crippen molar-refractivity contribution in [3.63, 3.8) is 0 Å². The number of hydrogen-bond acceptors (Lipinski definition) is 5. The van der Waals surface area contributed by atoms with Crippen molar-refractivity contribution in [1.82, 2.24) is 0 Å². The van der Waals surface area contributed by atoms with Crippen molar-refractivity contribution in [2.75, 3.05) is 21.3 Å². The summed E-state index contributed by atoms with van der Waals surface area (Å²) >= 11 is 11.8. The van der Waals surface area contributed by atoms with E-state index < -0.39 is 6.10 Å². The molecule has 0 amide bonds. The second-order valence-electron chi connectivity index (χ2n) is 5.20. The second kappa shape index (κ2) is 8.43. The molecule has 0 aliphatic carbocycles. The maximum Gasteiger partial charge on any atom is 0.204 e. The summed E-state index contributed by atoms with van der Waals surface area (Å²) in [6.07, 6.45) is -1.18. The van der Waals surface area contributed by atoms with E-state index in [4.69, 9.17) is 37.4 Å². The average Bonchev–Trinajstić information content (AvgIpc) is 2.62. The molecule has 134 valence electrons. The van der Waals surface area contributed by atoms with Crippen molar-refractivity contribution in [1.29, 1.82) is 0 Å². The van der Waals surface area contributed by atoms with Gasteiger partial charge < -0.3 is 19.3 Å². The highest BCUT2D eigenvalue weighted by Gasteiger charge is 2.23. The molecule has 25 heavy (non-hydrogen) atoms. The topological polar surface area (TPSA) is 65.0 Å². The third-order valence-electron chi connectivity index (χ3n) is 3.71. The Morgan fingerprint density at radius 3 is 2.24 bits per heavy atom. The largest absolute Gasteiger partial charge is 0.493 e. The van der Waals surface area contributed by atoms with Crippen molar-refractivity contribution < 1.29 is 24.1 Å². The van der Waals surface area contributed by atoms with E-state index in [9.17, 15) is 9.90 Å². The van der Waals surface area contributed by atoms with Crippen LogP contribution in [0.1, 0.15) is 28.4 Å². The number of halogens is 2. The van der Waals surface area contributed by atoms with Gasteiger partial charge in [-0.25, -0.2) is 0 Å². The fourth-order valence-corrected chi connectivity index (χ4v) is 2.75. The highest BCUT2D eigenvalue weighted by Crippen LogP contribution is 2.40. The number of carbonyl (C=O) groups excluding carboxylic acids is 1. The monoisotopic (exact) mass is 384 g/mol. The molecule has 2 aromatic rings. The zero-order chi connectivity index (χ0) is 18.6. The second-order valence-corrected chi connectivity index (χ2v) is 6.01. The summed E-state index contributed by atoms with van der Waals surface area (Å²) in [4.78, 5) is 12.6. The summed E-state index contributed by atoms with van der Waals surface area (Å²) in [6, 6.07) is 7.92. The molecule has 7 heteroatoms.